The second kappa shape index (κ2) is 6.46. The average Bonchev–Trinajstić information content (AvgIpc) is 2.72. The monoisotopic (exact) mass is 318 g/mol. The van der Waals surface area contributed by atoms with Crippen molar-refractivity contribution in [2.75, 3.05) is 18.8 Å². The molecule has 0 aromatic carbocycles. The second-order valence-electron chi connectivity index (χ2n) is 5.28. The molecule has 1 aromatic heterocycles. The number of thioether (sulfide) groups is 1. The quantitative estimate of drug-likeness (QED) is 0.803. The van der Waals surface area contributed by atoms with Gasteiger partial charge in [0.25, 0.3) is 0 Å². The van der Waals surface area contributed by atoms with E-state index in [-0.39, 0.29) is 10.7 Å². The predicted octanol–water partition coefficient (Wildman–Crippen LogP) is 3.17. The number of carbonyl (C=O) groups excluding carboxylic acids is 1. The number of thiazole rings is 1. The zero-order valence-electron chi connectivity index (χ0n) is 11.3. The molecule has 1 saturated heterocycles. The molecule has 2 heterocycles. The van der Waals surface area contributed by atoms with Crippen molar-refractivity contribution >= 4 is 40.6 Å². The third-order valence-corrected chi connectivity index (χ3v) is 5.77. The van der Waals surface area contributed by atoms with Gasteiger partial charge in [-0.05, 0) is 6.42 Å². The largest absolute Gasteiger partial charge is 0.341 e. The van der Waals surface area contributed by atoms with Crippen LogP contribution in [0.15, 0.2) is 5.38 Å². The first-order valence-corrected chi connectivity index (χ1v) is 8.81. The van der Waals surface area contributed by atoms with Crippen molar-refractivity contribution < 1.29 is 4.79 Å². The molecule has 1 amide bonds. The molecule has 1 aliphatic heterocycles. The Morgan fingerprint density at radius 1 is 1.53 bits per heavy atom. The van der Waals surface area contributed by atoms with Crippen molar-refractivity contribution in [2.45, 2.75) is 37.3 Å². The molecule has 0 aliphatic carbocycles. The molecule has 19 heavy (non-hydrogen) atoms. The van der Waals surface area contributed by atoms with Gasteiger partial charge in [-0.2, -0.15) is 11.8 Å². The molecule has 0 atom stereocenters. The lowest BCUT2D eigenvalue weighted by Crippen LogP contribution is -2.34. The van der Waals surface area contributed by atoms with Crippen LogP contribution in [-0.4, -0.2) is 39.4 Å². The summed E-state index contributed by atoms with van der Waals surface area (Å²) in [5, 5.41) is 2.80. The van der Waals surface area contributed by atoms with E-state index in [0.29, 0.717) is 12.3 Å². The molecule has 1 aromatic rings. The SMILES string of the molecule is CC1(C)CCN(C(=O)Cc2nc(CCl)cs2)CCS1. The molecule has 1 fully saturated rings. The van der Waals surface area contributed by atoms with Crippen LogP contribution in [0.25, 0.3) is 0 Å². The van der Waals surface area contributed by atoms with Crippen LogP contribution in [-0.2, 0) is 17.1 Å². The van der Waals surface area contributed by atoms with Crippen molar-refractivity contribution in [1.82, 2.24) is 9.88 Å². The van der Waals surface area contributed by atoms with Crippen molar-refractivity contribution in [3.63, 3.8) is 0 Å². The van der Waals surface area contributed by atoms with Gasteiger partial charge in [0.05, 0.1) is 18.0 Å². The fourth-order valence-corrected chi connectivity index (χ4v) is 4.12. The summed E-state index contributed by atoms with van der Waals surface area (Å²) in [6.45, 7) is 6.20. The summed E-state index contributed by atoms with van der Waals surface area (Å²) in [7, 11) is 0. The minimum atomic E-state index is 0.189. The topological polar surface area (TPSA) is 33.2 Å². The highest BCUT2D eigenvalue weighted by Crippen LogP contribution is 2.30. The minimum absolute atomic E-state index is 0.189. The number of hydrogen-bond donors (Lipinski definition) is 0. The molecular formula is C13H19ClN2OS2. The van der Waals surface area contributed by atoms with Crippen LogP contribution in [0.1, 0.15) is 31.0 Å². The van der Waals surface area contributed by atoms with Gasteiger partial charge in [0, 0.05) is 29.0 Å². The first-order valence-electron chi connectivity index (χ1n) is 6.41. The molecule has 1 aliphatic rings. The maximum Gasteiger partial charge on any atom is 0.229 e. The van der Waals surface area contributed by atoms with Crippen molar-refractivity contribution in [3.8, 4) is 0 Å². The maximum atomic E-state index is 12.3. The summed E-state index contributed by atoms with van der Waals surface area (Å²) in [6.07, 6.45) is 1.46. The Morgan fingerprint density at radius 3 is 3.00 bits per heavy atom. The lowest BCUT2D eigenvalue weighted by molar-refractivity contribution is -0.130. The fraction of sp³-hybridized carbons (Fsp3) is 0.692. The van der Waals surface area contributed by atoms with E-state index in [4.69, 9.17) is 11.6 Å². The van der Waals surface area contributed by atoms with E-state index in [1.165, 1.54) is 11.3 Å². The third kappa shape index (κ3) is 4.36. The van der Waals surface area contributed by atoms with Crippen LogP contribution in [0.5, 0.6) is 0 Å². The van der Waals surface area contributed by atoms with Gasteiger partial charge >= 0.3 is 0 Å². The zero-order chi connectivity index (χ0) is 13.9. The van der Waals surface area contributed by atoms with Gasteiger partial charge in [-0.15, -0.1) is 22.9 Å². The molecule has 2 rings (SSSR count). The van der Waals surface area contributed by atoms with Gasteiger partial charge in [0.1, 0.15) is 5.01 Å². The van der Waals surface area contributed by atoms with Gasteiger partial charge in [-0.3, -0.25) is 4.79 Å². The Labute approximate surface area is 127 Å². The number of amides is 1. The van der Waals surface area contributed by atoms with Gasteiger partial charge in [0.15, 0.2) is 0 Å². The highest BCUT2D eigenvalue weighted by atomic mass is 35.5. The minimum Gasteiger partial charge on any atom is -0.341 e. The molecule has 0 unspecified atom stereocenters. The molecule has 0 radical (unpaired) electrons. The number of halogens is 1. The van der Waals surface area contributed by atoms with E-state index >= 15 is 0 Å². The van der Waals surface area contributed by atoms with E-state index in [2.05, 4.69) is 18.8 Å². The van der Waals surface area contributed by atoms with Crippen LogP contribution >= 0.6 is 34.7 Å². The summed E-state index contributed by atoms with van der Waals surface area (Å²) in [5.41, 5.74) is 0.863. The molecule has 0 N–H and O–H groups in total. The van der Waals surface area contributed by atoms with Crippen LogP contribution in [0.3, 0.4) is 0 Å². The van der Waals surface area contributed by atoms with Crippen LogP contribution < -0.4 is 0 Å². The summed E-state index contributed by atoms with van der Waals surface area (Å²) in [4.78, 5) is 18.6. The van der Waals surface area contributed by atoms with Crippen LogP contribution in [0.4, 0.5) is 0 Å². The van der Waals surface area contributed by atoms with E-state index < -0.39 is 0 Å². The Bertz CT molecular complexity index is 448. The maximum absolute atomic E-state index is 12.3. The highest BCUT2D eigenvalue weighted by Gasteiger charge is 2.26. The molecule has 0 saturated carbocycles. The van der Waals surface area contributed by atoms with Crippen molar-refractivity contribution in [3.05, 3.63) is 16.1 Å². The molecule has 106 valence electrons. The summed E-state index contributed by atoms with van der Waals surface area (Å²) in [5.74, 6) is 1.62. The Morgan fingerprint density at radius 2 is 2.32 bits per heavy atom. The highest BCUT2D eigenvalue weighted by molar-refractivity contribution is 8.00. The zero-order valence-corrected chi connectivity index (χ0v) is 13.7. The van der Waals surface area contributed by atoms with E-state index in [0.717, 1.165) is 36.0 Å². The first kappa shape index (κ1) is 15.1. The Hall–Kier alpha value is -0.260. The Balaban J connectivity index is 1.92. The van der Waals surface area contributed by atoms with Crippen LogP contribution in [0.2, 0.25) is 0 Å². The van der Waals surface area contributed by atoms with Crippen molar-refractivity contribution in [2.24, 2.45) is 0 Å². The smallest absolute Gasteiger partial charge is 0.229 e. The number of aromatic nitrogens is 1. The first-order chi connectivity index (χ1) is 9.00. The number of carbonyl (C=O) groups is 1. The standard InChI is InChI=1S/C13H19ClN2OS2/c1-13(2)3-4-16(5-6-19-13)12(17)7-11-15-10(8-14)9-18-11/h9H,3-8H2,1-2H3. The average molecular weight is 319 g/mol. The second-order valence-corrected chi connectivity index (χ2v) is 8.29. The van der Waals surface area contributed by atoms with E-state index in [9.17, 15) is 4.79 Å². The number of nitrogens with zero attached hydrogens (tertiary/aromatic N) is 2. The van der Waals surface area contributed by atoms with Gasteiger partial charge in [-0.1, -0.05) is 13.8 Å². The molecule has 0 bridgehead atoms. The molecule has 6 heteroatoms. The number of alkyl halides is 1. The lowest BCUT2D eigenvalue weighted by Gasteiger charge is -2.22. The molecular weight excluding hydrogens is 300 g/mol. The summed E-state index contributed by atoms with van der Waals surface area (Å²) < 4.78 is 0.280. The third-order valence-electron chi connectivity index (χ3n) is 3.23. The normalized spacial score (nSPS) is 19.2. The molecule has 0 spiro atoms. The van der Waals surface area contributed by atoms with Gasteiger partial charge in [0.2, 0.25) is 5.91 Å². The van der Waals surface area contributed by atoms with Crippen molar-refractivity contribution in [1.29, 1.82) is 0 Å². The summed E-state index contributed by atoms with van der Waals surface area (Å²) >= 11 is 9.20. The number of rotatable bonds is 3. The predicted molar refractivity (Wildman–Crippen MR) is 83.1 cm³/mol. The Kier molecular flexibility index (Phi) is 5.15. The van der Waals surface area contributed by atoms with Gasteiger partial charge in [-0.25, -0.2) is 4.98 Å². The molecule has 3 nitrogen and oxygen atoms in total. The van der Waals surface area contributed by atoms with Crippen LogP contribution in [0, 0.1) is 0 Å². The van der Waals surface area contributed by atoms with Gasteiger partial charge < -0.3 is 4.90 Å². The summed E-state index contributed by atoms with van der Waals surface area (Å²) in [6, 6.07) is 0. The number of hydrogen-bond acceptors (Lipinski definition) is 4. The van der Waals surface area contributed by atoms with E-state index in [1.807, 2.05) is 22.0 Å². The van der Waals surface area contributed by atoms with E-state index in [1.54, 1.807) is 0 Å². The lowest BCUT2D eigenvalue weighted by atomic mass is 10.1. The fourth-order valence-electron chi connectivity index (χ4n) is 2.00.